The highest BCUT2D eigenvalue weighted by Crippen LogP contribution is 2.12. The number of terminal acetylenes is 1. The van der Waals surface area contributed by atoms with Crippen molar-refractivity contribution in [2.75, 3.05) is 0 Å². The molecule has 0 aliphatic rings. The van der Waals surface area contributed by atoms with Crippen LogP contribution in [0.4, 0.5) is 0 Å². The summed E-state index contributed by atoms with van der Waals surface area (Å²) in [6.07, 6.45) is 5.23. The Morgan fingerprint density at radius 3 is 2.33 bits per heavy atom. The number of aryl methyl sites for hydroxylation is 1. The first-order chi connectivity index (χ1) is 6.94. The predicted octanol–water partition coefficient (Wildman–Crippen LogP) is 2.56. The van der Waals surface area contributed by atoms with Crippen LogP contribution in [0.2, 0.25) is 0 Å². The molecule has 0 saturated heterocycles. The summed E-state index contributed by atoms with van der Waals surface area (Å²) in [5.74, 6) is 2.02. The molecular weight excluding hydrogens is 188 g/mol. The van der Waals surface area contributed by atoms with Crippen molar-refractivity contribution in [1.82, 2.24) is 0 Å². The first-order valence-corrected chi connectivity index (χ1v) is 4.72. The molecule has 0 bridgehead atoms. The topological polar surface area (TPSA) is 26.3 Å². The Hall–Kier alpha value is -1.75. The Labute approximate surface area is 90.3 Å². The Kier molecular flexibility index (Phi) is 3.16. The summed E-state index contributed by atoms with van der Waals surface area (Å²) in [7, 11) is 0. The Bertz CT molecular complexity index is 394. The first-order valence-electron chi connectivity index (χ1n) is 4.72. The van der Waals surface area contributed by atoms with Gasteiger partial charge in [0.05, 0.1) is 5.56 Å². The van der Waals surface area contributed by atoms with Gasteiger partial charge < -0.3 is 4.74 Å². The predicted molar refractivity (Wildman–Crippen MR) is 59.5 cm³/mol. The van der Waals surface area contributed by atoms with Gasteiger partial charge in [0.25, 0.3) is 0 Å². The lowest BCUT2D eigenvalue weighted by Gasteiger charge is -2.18. The standard InChI is InChI=1S/C13H14O2/c1-5-13(3,4)15-12(14)11-8-6-10(2)7-9-11/h1,6-9H,2-4H3. The van der Waals surface area contributed by atoms with Gasteiger partial charge in [-0.3, -0.25) is 0 Å². The SMILES string of the molecule is C#CC(C)(C)OC(=O)c1ccc(C)cc1. The molecule has 0 atom stereocenters. The molecule has 0 radical (unpaired) electrons. The van der Waals surface area contributed by atoms with Crippen molar-refractivity contribution < 1.29 is 9.53 Å². The van der Waals surface area contributed by atoms with E-state index in [4.69, 9.17) is 11.2 Å². The number of rotatable bonds is 2. The Morgan fingerprint density at radius 2 is 1.87 bits per heavy atom. The number of hydrogen-bond donors (Lipinski definition) is 0. The van der Waals surface area contributed by atoms with Gasteiger partial charge in [-0.1, -0.05) is 23.6 Å². The van der Waals surface area contributed by atoms with E-state index in [1.165, 1.54) is 0 Å². The fourth-order valence-electron chi connectivity index (χ4n) is 1.01. The lowest BCUT2D eigenvalue weighted by molar-refractivity contribution is 0.0205. The average Bonchev–Trinajstić information content (AvgIpc) is 2.18. The van der Waals surface area contributed by atoms with E-state index in [1.807, 2.05) is 19.1 Å². The maximum Gasteiger partial charge on any atom is 0.339 e. The molecule has 0 unspecified atom stereocenters. The Balaban J connectivity index is 2.79. The maximum absolute atomic E-state index is 11.6. The van der Waals surface area contributed by atoms with Crippen molar-refractivity contribution in [3.8, 4) is 12.3 Å². The number of carbonyl (C=O) groups is 1. The summed E-state index contributed by atoms with van der Waals surface area (Å²) in [5.41, 5.74) is 0.758. The van der Waals surface area contributed by atoms with Crippen LogP contribution in [0.25, 0.3) is 0 Å². The molecule has 2 heteroatoms. The summed E-state index contributed by atoms with van der Waals surface area (Å²) < 4.78 is 5.14. The summed E-state index contributed by atoms with van der Waals surface area (Å²) in [6, 6.07) is 7.17. The van der Waals surface area contributed by atoms with Crippen LogP contribution in [0.15, 0.2) is 24.3 Å². The van der Waals surface area contributed by atoms with Gasteiger partial charge in [0.2, 0.25) is 0 Å². The van der Waals surface area contributed by atoms with Crippen molar-refractivity contribution in [2.24, 2.45) is 0 Å². The lowest BCUT2D eigenvalue weighted by atomic mass is 10.1. The molecule has 0 fully saturated rings. The zero-order valence-electron chi connectivity index (χ0n) is 9.20. The molecule has 0 N–H and O–H groups in total. The van der Waals surface area contributed by atoms with Crippen LogP contribution in [0.1, 0.15) is 29.8 Å². The molecular formula is C13H14O2. The number of benzene rings is 1. The third-order valence-corrected chi connectivity index (χ3v) is 1.98. The lowest BCUT2D eigenvalue weighted by Crippen LogP contribution is -2.25. The van der Waals surface area contributed by atoms with Gasteiger partial charge in [-0.05, 0) is 32.9 Å². The van der Waals surface area contributed by atoms with Crippen molar-refractivity contribution >= 4 is 5.97 Å². The molecule has 0 aromatic heterocycles. The molecule has 0 aliphatic carbocycles. The third-order valence-electron chi connectivity index (χ3n) is 1.98. The van der Waals surface area contributed by atoms with E-state index in [1.54, 1.807) is 26.0 Å². The second-order valence-electron chi connectivity index (χ2n) is 3.91. The van der Waals surface area contributed by atoms with E-state index < -0.39 is 11.6 Å². The highest BCUT2D eigenvalue weighted by molar-refractivity contribution is 5.89. The normalized spacial score (nSPS) is 10.5. The van der Waals surface area contributed by atoms with Crippen LogP contribution in [0, 0.1) is 19.3 Å². The third kappa shape index (κ3) is 3.14. The van der Waals surface area contributed by atoms with Gasteiger partial charge in [0.1, 0.15) is 0 Å². The van der Waals surface area contributed by atoms with Gasteiger partial charge >= 0.3 is 5.97 Å². The van der Waals surface area contributed by atoms with E-state index in [-0.39, 0.29) is 0 Å². The van der Waals surface area contributed by atoms with E-state index >= 15 is 0 Å². The number of hydrogen-bond acceptors (Lipinski definition) is 2. The van der Waals surface area contributed by atoms with Gasteiger partial charge in [-0.2, -0.15) is 0 Å². The zero-order valence-corrected chi connectivity index (χ0v) is 9.20. The molecule has 0 saturated carbocycles. The Morgan fingerprint density at radius 1 is 1.33 bits per heavy atom. The second kappa shape index (κ2) is 4.18. The van der Waals surface area contributed by atoms with Crippen LogP contribution >= 0.6 is 0 Å². The summed E-state index contributed by atoms with van der Waals surface area (Å²) in [4.78, 5) is 11.6. The van der Waals surface area contributed by atoms with Crippen LogP contribution in [-0.2, 0) is 4.74 Å². The molecule has 0 aliphatic heterocycles. The minimum Gasteiger partial charge on any atom is -0.443 e. The molecule has 15 heavy (non-hydrogen) atoms. The maximum atomic E-state index is 11.6. The van der Waals surface area contributed by atoms with Gasteiger partial charge in [-0.15, -0.1) is 6.42 Å². The number of carbonyl (C=O) groups excluding carboxylic acids is 1. The first kappa shape index (κ1) is 11.3. The van der Waals surface area contributed by atoms with Crippen LogP contribution in [-0.4, -0.2) is 11.6 Å². The highest BCUT2D eigenvalue weighted by atomic mass is 16.6. The summed E-state index contributed by atoms with van der Waals surface area (Å²) in [6.45, 7) is 5.32. The van der Waals surface area contributed by atoms with Crippen molar-refractivity contribution in [3.05, 3.63) is 35.4 Å². The van der Waals surface area contributed by atoms with Crippen molar-refractivity contribution in [2.45, 2.75) is 26.4 Å². The number of ether oxygens (including phenoxy) is 1. The molecule has 2 nitrogen and oxygen atoms in total. The van der Waals surface area contributed by atoms with Gasteiger partial charge in [-0.25, -0.2) is 4.79 Å². The molecule has 1 aromatic carbocycles. The molecule has 0 amide bonds. The smallest absolute Gasteiger partial charge is 0.339 e. The zero-order chi connectivity index (χ0) is 11.5. The van der Waals surface area contributed by atoms with Crippen LogP contribution in [0.3, 0.4) is 0 Å². The quantitative estimate of drug-likeness (QED) is 0.544. The minimum atomic E-state index is -0.859. The number of esters is 1. The van der Waals surface area contributed by atoms with Crippen molar-refractivity contribution in [1.29, 1.82) is 0 Å². The van der Waals surface area contributed by atoms with E-state index in [0.29, 0.717) is 5.56 Å². The van der Waals surface area contributed by atoms with E-state index in [2.05, 4.69) is 5.92 Å². The fourth-order valence-corrected chi connectivity index (χ4v) is 1.01. The minimum absolute atomic E-state index is 0.391. The van der Waals surface area contributed by atoms with Crippen molar-refractivity contribution in [3.63, 3.8) is 0 Å². The molecule has 0 heterocycles. The highest BCUT2D eigenvalue weighted by Gasteiger charge is 2.20. The van der Waals surface area contributed by atoms with Gasteiger partial charge in [0.15, 0.2) is 5.60 Å². The van der Waals surface area contributed by atoms with Crippen LogP contribution < -0.4 is 0 Å². The summed E-state index contributed by atoms with van der Waals surface area (Å²) in [5, 5.41) is 0. The molecule has 1 aromatic rings. The molecule has 1 rings (SSSR count). The average molecular weight is 202 g/mol. The largest absolute Gasteiger partial charge is 0.443 e. The summed E-state index contributed by atoms with van der Waals surface area (Å²) >= 11 is 0. The fraction of sp³-hybridized carbons (Fsp3) is 0.308. The monoisotopic (exact) mass is 202 g/mol. The molecule has 0 spiro atoms. The van der Waals surface area contributed by atoms with Gasteiger partial charge in [0, 0.05) is 0 Å². The molecule has 78 valence electrons. The van der Waals surface area contributed by atoms with E-state index in [9.17, 15) is 4.79 Å². The van der Waals surface area contributed by atoms with Crippen LogP contribution in [0.5, 0.6) is 0 Å². The van der Waals surface area contributed by atoms with E-state index in [0.717, 1.165) is 5.56 Å². The second-order valence-corrected chi connectivity index (χ2v) is 3.91.